The smallest absolute Gasteiger partial charge is 0.0702 e. The van der Waals surface area contributed by atoms with Crippen molar-refractivity contribution in [2.45, 2.75) is 19.4 Å². The van der Waals surface area contributed by atoms with Crippen LogP contribution in [0.3, 0.4) is 0 Å². The third kappa shape index (κ3) is 2.71. The molecule has 1 heterocycles. The molecule has 0 radical (unpaired) electrons. The largest absolute Gasteiger partial charge is 0.307 e. The fourth-order valence-corrected chi connectivity index (χ4v) is 1.92. The van der Waals surface area contributed by atoms with E-state index in [0.29, 0.717) is 0 Å². The highest BCUT2D eigenvalue weighted by Crippen LogP contribution is 2.19. The maximum absolute atomic E-state index is 4.32. The van der Waals surface area contributed by atoms with Crippen LogP contribution < -0.4 is 5.32 Å². The van der Waals surface area contributed by atoms with Crippen molar-refractivity contribution in [2.75, 3.05) is 6.54 Å². The summed E-state index contributed by atoms with van der Waals surface area (Å²) in [7, 11) is 0. The second-order valence-corrected chi connectivity index (χ2v) is 4.12. The molecule has 0 saturated heterocycles. The van der Waals surface area contributed by atoms with Crippen molar-refractivity contribution in [3.63, 3.8) is 0 Å². The molecule has 1 atom stereocenters. The highest BCUT2D eigenvalue weighted by Gasteiger charge is 2.06. The van der Waals surface area contributed by atoms with Gasteiger partial charge in [-0.25, -0.2) is 0 Å². The van der Waals surface area contributed by atoms with Gasteiger partial charge in [-0.3, -0.25) is 4.98 Å². The van der Waals surface area contributed by atoms with Crippen molar-refractivity contribution >= 4 is 10.9 Å². The second-order valence-electron chi connectivity index (χ2n) is 4.12. The number of pyridine rings is 1. The van der Waals surface area contributed by atoms with E-state index < -0.39 is 0 Å². The molecule has 1 aromatic heterocycles. The van der Waals surface area contributed by atoms with E-state index in [1.807, 2.05) is 18.3 Å². The number of rotatable bonds is 5. The maximum atomic E-state index is 4.32. The Hall–Kier alpha value is -1.67. The lowest BCUT2D eigenvalue weighted by molar-refractivity contribution is 0.614. The zero-order chi connectivity index (χ0) is 12.1. The highest BCUT2D eigenvalue weighted by molar-refractivity contribution is 5.79. The Balaban J connectivity index is 2.30. The first-order valence-corrected chi connectivity index (χ1v) is 6.05. The molecule has 2 nitrogen and oxygen atoms in total. The van der Waals surface area contributed by atoms with Gasteiger partial charge in [0, 0.05) is 11.6 Å². The molecule has 1 aromatic carbocycles. The van der Waals surface area contributed by atoms with Gasteiger partial charge in [0.05, 0.1) is 11.6 Å². The first-order chi connectivity index (χ1) is 8.35. The van der Waals surface area contributed by atoms with Gasteiger partial charge in [0.15, 0.2) is 0 Å². The van der Waals surface area contributed by atoms with Crippen molar-refractivity contribution in [3.8, 4) is 0 Å². The minimum absolute atomic E-state index is 0.222. The lowest BCUT2D eigenvalue weighted by Gasteiger charge is -2.15. The molecule has 0 aliphatic carbocycles. The fourth-order valence-electron chi connectivity index (χ4n) is 1.92. The lowest BCUT2D eigenvalue weighted by atomic mass is 10.0. The van der Waals surface area contributed by atoms with Gasteiger partial charge in [-0.1, -0.05) is 25.1 Å². The van der Waals surface area contributed by atoms with Gasteiger partial charge in [-0.15, -0.1) is 6.58 Å². The van der Waals surface area contributed by atoms with Gasteiger partial charge in [0.1, 0.15) is 0 Å². The maximum Gasteiger partial charge on any atom is 0.0702 e. The Bertz CT molecular complexity index is 505. The molecule has 17 heavy (non-hydrogen) atoms. The molecule has 0 aliphatic heterocycles. The van der Waals surface area contributed by atoms with E-state index in [1.54, 1.807) is 0 Å². The third-order valence-electron chi connectivity index (χ3n) is 2.84. The van der Waals surface area contributed by atoms with E-state index in [-0.39, 0.29) is 6.04 Å². The van der Waals surface area contributed by atoms with Gasteiger partial charge in [0.2, 0.25) is 0 Å². The molecule has 1 N–H and O–H groups in total. The minimum Gasteiger partial charge on any atom is -0.307 e. The Kier molecular flexibility index (Phi) is 3.89. The molecule has 0 aliphatic rings. The van der Waals surface area contributed by atoms with Gasteiger partial charge in [-0.2, -0.15) is 0 Å². The molecule has 2 heteroatoms. The number of aromatic nitrogens is 1. The molecule has 2 rings (SSSR count). The van der Waals surface area contributed by atoms with Gasteiger partial charge < -0.3 is 5.32 Å². The minimum atomic E-state index is 0.222. The number of nitrogens with zero attached hydrogens (tertiary/aromatic N) is 1. The summed E-state index contributed by atoms with van der Waals surface area (Å²) in [5.41, 5.74) is 2.28. The Morgan fingerprint density at radius 3 is 3.06 bits per heavy atom. The Morgan fingerprint density at radius 2 is 2.29 bits per heavy atom. The molecule has 2 aromatic rings. The highest BCUT2D eigenvalue weighted by atomic mass is 14.9. The predicted octanol–water partition coefficient (Wildman–Crippen LogP) is 3.46. The average molecular weight is 226 g/mol. The summed E-state index contributed by atoms with van der Waals surface area (Å²) in [5.74, 6) is 0. The first-order valence-electron chi connectivity index (χ1n) is 6.05. The molecule has 0 spiro atoms. The molecule has 0 bridgehead atoms. The van der Waals surface area contributed by atoms with E-state index in [4.69, 9.17) is 0 Å². The monoisotopic (exact) mass is 226 g/mol. The normalized spacial score (nSPS) is 12.5. The quantitative estimate of drug-likeness (QED) is 0.790. The summed E-state index contributed by atoms with van der Waals surface area (Å²) < 4.78 is 0. The number of benzene rings is 1. The van der Waals surface area contributed by atoms with Crippen molar-refractivity contribution in [1.29, 1.82) is 0 Å². The van der Waals surface area contributed by atoms with Crippen molar-refractivity contribution in [3.05, 3.63) is 54.7 Å². The summed E-state index contributed by atoms with van der Waals surface area (Å²) in [4.78, 5) is 4.32. The summed E-state index contributed by atoms with van der Waals surface area (Å²) in [6, 6.07) is 10.6. The summed E-state index contributed by atoms with van der Waals surface area (Å²) in [6.07, 6.45) is 4.90. The van der Waals surface area contributed by atoms with Gasteiger partial charge in [0.25, 0.3) is 0 Å². The van der Waals surface area contributed by atoms with E-state index in [1.165, 1.54) is 10.9 Å². The molecule has 0 saturated carbocycles. The average Bonchev–Trinajstić information content (AvgIpc) is 2.39. The van der Waals surface area contributed by atoms with Crippen LogP contribution in [0.5, 0.6) is 0 Å². The van der Waals surface area contributed by atoms with Crippen molar-refractivity contribution < 1.29 is 0 Å². The van der Waals surface area contributed by atoms with Crippen molar-refractivity contribution in [1.82, 2.24) is 10.3 Å². The molecular formula is C15H18N2. The van der Waals surface area contributed by atoms with Crippen LogP contribution >= 0.6 is 0 Å². The first kappa shape index (κ1) is 11.8. The summed E-state index contributed by atoms with van der Waals surface area (Å²) in [6.45, 7) is 7.06. The zero-order valence-electron chi connectivity index (χ0n) is 10.2. The standard InChI is InChI=1S/C15H18N2/c1-3-9-16-14(4-2)13-7-8-15-12(11-13)6-5-10-17-15/h4-8,10-11,14,16H,2-3,9H2,1H3. The van der Waals surface area contributed by atoms with Crippen LogP contribution in [-0.4, -0.2) is 11.5 Å². The fraction of sp³-hybridized carbons (Fsp3) is 0.267. The van der Waals surface area contributed by atoms with Crippen LogP contribution in [0.15, 0.2) is 49.2 Å². The van der Waals surface area contributed by atoms with Gasteiger partial charge in [-0.05, 0) is 36.7 Å². The Labute approximate surface area is 102 Å². The van der Waals surface area contributed by atoms with Crippen LogP contribution in [-0.2, 0) is 0 Å². The summed E-state index contributed by atoms with van der Waals surface area (Å²) in [5, 5.41) is 4.64. The number of hydrogen-bond acceptors (Lipinski definition) is 2. The van der Waals surface area contributed by atoms with Crippen LogP contribution in [0.2, 0.25) is 0 Å². The molecular weight excluding hydrogens is 208 g/mol. The van der Waals surface area contributed by atoms with E-state index >= 15 is 0 Å². The number of fused-ring (bicyclic) bond motifs is 1. The van der Waals surface area contributed by atoms with Crippen LogP contribution in [0.4, 0.5) is 0 Å². The third-order valence-corrected chi connectivity index (χ3v) is 2.84. The van der Waals surface area contributed by atoms with Crippen LogP contribution in [0.1, 0.15) is 24.9 Å². The van der Waals surface area contributed by atoms with E-state index in [2.05, 4.69) is 48.1 Å². The van der Waals surface area contributed by atoms with Crippen molar-refractivity contribution in [2.24, 2.45) is 0 Å². The van der Waals surface area contributed by atoms with E-state index in [0.717, 1.165) is 18.5 Å². The molecule has 0 amide bonds. The predicted molar refractivity (Wildman–Crippen MR) is 73.0 cm³/mol. The lowest BCUT2D eigenvalue weighted by Crippen LogP contribution is -2.20. The SMILES string of the molecule is C=CC(NCCC)c1ccc2ncccc2c1. The Morgan fingerprint density at radius 1 is 1.41 bits per heavy atom. The van der Waals surface area contributed by atoms with Crippen LogP contribution in [0, 0.1) is 0 Å². The number of nitrogens with one attached hydrogen (secondary N) is 1. The summed E-state index contributed by atoms with van der Waals surface area (Å²) >= 11 is 0. The van der Waals surface area contributed by atoms with Crippen LogP contribution in [0.25, 0.3) is 10.9 Å². The topological polar surface area (TPSA) is 24.9 Å². The van der Waals surface area contributed by atoms with Gasteiger partial charge >= 0.3 is 0 Å². The molecule has 0 fully saturated rings. The second kappa shape index (κ2) is 5.60. The molecule has 1 unspecified atom stereocenters. The number of hydrogen-bond donors (Lipinski definition) is 1. The van der Waals surface area contributed by atoms with E-state index in [9.17, 15) is 0 Å². The molecule has 88 valence electrons. The zero-order valence-corrected chi connectivity index (χ0v) is 10.2.